The van der Waals surface area contributed by atoms with Crippen LogP contribution in [0.25, 0.3) is 0 Å². The van der Waals surface area contributed by atoms with Crippen LogP contribution < -0.4 is 5.32 Å². The molecule has 2 aromatic carbocycles. The second-order valence-corrected chi connectivity index (χ2v) is 5.66. The summed E-state index contributed by atoms with van der Waals surface area (Å²) in [5.41, 5.74) is -0.569. The van der Waals surface area contributed by atoms with Crippen molar-refractivity contribution in [2.24, 2.45) is 0 Å². The number of rotatable bonds is 4. The van der Waals surface area contributed by atoms with Gasteiger partial charge in [0.1, 0.15) is 17.2 Å². The van der Waals surface area contributed by atoms with Crippen LogP contribution >= 0.6 is 23.2 Å². The van der Waals surface area contributed by atoms with E-state index in [-0.39, 0.29) is 5.69 Å². The molecule has 0 saturated heterocycles. The summed E-state index contributed by atoms with van der Waals surface area (Å²) in [6.07, 6.45) is -1.30. The molecular formula is C16H11Cl2F2NO3. The number of carbonyl (C=O) groups excluding carboxylic acids is 2. The van der Waals surface area contributed by atoms with E-state index in [1.54, 1.807) is 0 Å². The molecule has 24 heavy (non-hydrogen) atoms. The Balaban J connectivity index is 2.07. The van der Waals surface area contributed by atoms with E-state index in [4.69, 9.17) is 27.9 Å². The van der Waals surface area contributed by atoms with Crippen molar-refractivity contribution >= 4 is 40.8 Å². The normalized spacial score (nSPS) is 11.7. The lowest BCUT2D eigenvalue weighted by molar-refractivity contribution is -0.123. The molecule has 0 saturated carbocycles. The Bertz CT molecular complexity index is 758. The summed E-state index contributed by atoms with van der Waals surface area (Å²) in [7, 11) is 0. The van der Waals surface area contributed by atoms with Gasteiger partial charge in [-0.1, -0.05) is 29.3 Å². The molecule has 0 aliphatic heterocycles. The van der Waals surface area contributed by atoms with Crippen LogP contribution in [0.3, 0.4) is 0 Å². The number of ether oxygens (including phenoxy) is 1. The van der Waals surface area contributed by atoms with E-state index in [1.807, 2.05) is 0 Å². The van der Waals surface area contributed by atoms with Gasteiger partial charge in [0, 0.05) is 15.7 Å². The zero-order valence-electron chi connectivity index (χ0n) is 12.3. The van der Waals surface area contributed by atoms with E-state index in [0.717, 1.165) is 18.2 Å². The number of anilines is 1. The Morgan fingerprint density at radius 2 is 1.62 bits per heavy atom. The molecule has 0 spiro atoms. The number of esters is 1. The largest absolute Gasteiger partial charge is 0.449 e. The minimum absolute atomic E-state index is 0.289. The molecule has 1 atom stereocenters. The highest BCUT2D eigenvalue weighted by atomic mass is 35.5. The fourth-order valence-electron chi connectivity index (χ4n) is 1.84. The van der Waals surface area contributed by atoms with Gasteiger partial charge in [0.05, 0.1) is 0 Å². The molecule has 1 amide bonds. The van der Waals surface area contributed by atoms with Crippen LogP contribution in [0.5, 0.6) is 0 Å². The summed E-state index contributed by atoms with van der Waals surface area (Å²) in [6, 6.07) is 7.30. The molecular weight excluding hydrogens is 363 g/mol. The van der Waals surface area contributed by atoms with Gasteiger partial charge in [-0.2, -0.15) is 0 Å². The molecule has 0 aliphatic carbocycles. The van der Waals surface area contributed by atoms with E-state index in [0.29, 0.717) is 10.0 Å². The standard InChI is InChI=1S/C16H11Cl2F2NO3/c1-8(15(22)21-11-6-9(17)5-10(18)7-11)24-16(23)14-12(19)3-2-4-13(14)20/h2-8H,1H3,(H,21,22). The molecule has 4 nitrogen and oxygen atoms in total. The third-order valence-electron chi connectivity index (χ3n) is 2.95. The number of halogens is 4. The lowest BCUT2D eigenvalue weighted by Gasteiger charge is -2.14. The van der Waals surface area contributed by atoms with Crippen LogP contribution in [0.1, 0.15) is 17.3 Å². The monoisotopic (exact) mass is 373 g/mol. The highest BCUT2D eigenvalue weighted by molar-refractivity contribution is 6.35. The molecule has 8 heteroatoms. The van der Waals surface area contributed by atoms with Gasteiger partial charge >= 0.3 is 5.97 Å². The van der Waals surface area contributed by atoms with Gasteiger partial charge in [0.25, 0.3) is 5.91 Å². The van der Waals surface area contributed by atoms with Gasteiger partial charge < -0.3 is 10.1 Å². The summed E-state index contributed by atoms with van der Waals surface area (Å²) < 4.78 is 31.8. The number of hydrogen-bond acceptors (Lipinski definition) is 3. The molecule has 126 valence electrons. The average molecular weight is 374 g/mol. The van der Waals surface area contributed by atoms with Gasteiger partial charge in [-0.05, 0) is 37.3 Å². The molecule has 0 aliphatic rings. The van der Waals surface area contributed by atoms with Crippen molar-refractivity contribution in [1.82, 2.24) is 0 Å². The molecule has 0 radical (unpaired) electrons. The summed E-state index contributed by atoms with van der Waals surface area (Å²) in [5, 5.41) is 3.04. The van der Waals surface area contributed by atoms with E-state index >= 15 is 0 Å². The second-order valence-electron chi connectivity index (χ2n) is 4.79. The van der Waals surface area contributed by atoms with E-state index in [1.165, 1.54) is 25.1 Å². The predicted octanol–water partition coefficient (Wildman–Crippen LogP) is 4.46. The number of nitrogens with one attached hydrogen (secondary N) is 1. The fraction of sp³-hybridized carbons (Fsp3) is 0.125. The van der Waals surface area contributed by atoms with Crippen molar-refractivity contribution in [3.8, 4) is 0 Å². The van der Waals surface area contributed by atoms with Gasteiger partial charge in [-0.15, -0.1) is 0 Å². The van der Waals surface area contributed by atoms with Crippen molar-refractivity contribution in [3.05, 3.63) is 63.6 Å². The fourth-order valence-corrected chi connectivity index (χ4v) is 2.36. The maximum atomic E-state index is 13.5. The zero-order chi connectivity index (χ0) is 17.9. The molecule has 2 aromatic rings. The number of carbonyl (C=O) groups is 2. The van der Waals surface area contributed by atoms with Crippen molar-refractivity contribution in [1.29, 1.82) is 0 Å². The summed E-state index contributed by atoms with van der Waals surface area (Å²) in [6.45, 7) is 1.26. The molecule has 0 heterocycles. The smallest absolute Gasteiger partial charge is 0.344 e. The quantitative estimate of drug-likeness (QED) is 0.805. The topological polar surface area (TPSA) is 55.4 Å². The first kappa shape index (κ1) is 18.2. The van der Waals surface area contributed by atoms with Crippen LogP contribution in [0, 0.1) is 11.6 Å². The first-order valence-electron chi connectivity index (χ1n) is 6.70. The number of amides is 1. The Hall–Kier alpha value is -2.18. The first-order valence-corrected chi connectivity index (χ1v) is 7.45. The Kier molecular flexibility index (Phi) is 5.75. The van der Waals surface area contributed by atoms with Gasteiger partial charge in [-0.3, -0.25) is 4.79 Å². The van der Waals surface area contributed by atoms with Crippen LogP contribution in [0.4, 0.5) is 14.5 Å². The van der Waals surface area contributed by atoms with Crippen molar-refractivity contribution < 1.29 is 23.1 Å². The maximum absolute atomic E-state index is 13.5. The lowest BCUT2D eigenvalue weighted by atomic mass is 10.2. The van der Waals surface area contributed by atoms with Gasteiger partial charge in [0.15, 0.2) is 6.10 Å². The summed E-state index contributed by atoms with van der Waals surface area (Å²) in [5.74, 6) is -4.14. The summed E-state index contributed by atoms with van der Waals surface area (Å²) >= 11 is 11.6. The predicted molar refractivity (Wildman–Crippen MR) is 86.3 cm³/mol. The van der Waals surface area contributed by atoms with Crippen molar-refractivity contribution in [2.45, 2.75) is 13.0 Å². The van der Waals surface area contributed by atoms with Crippen LogP contribution in [-0.2, 0) is 9.53 Å². The van der Waals surface area contributed by atoms with Crippen LogP contribution in [0.15, 0.2) is 36.4 Å². The van der Waals surface area contributed by atoms with E-state index < -0.39 is 35.2 Å². The minimum Gasteiger partial charge on any atom is -0.449 e. The van der Waals surface area contributed by atoms with Crippen molar-refractivity contribution in [3.63, 3.8) is 0 Å². The average Bonchev–Trinajstić information content (AvgIpc) is 2.45. The third kappa shape index (κ3) is 4.43. The summed E-state index contributed by atoms with van der Waals surface area (Å²) in [4.78, 5) is 23.8. The van der Waals surface area contributed by atoms with Crippen LogP contribution in [0.2, 0.25) is 10.0 Å². The molecule has 0 bridgehead atoms. The Labute approximate surface area is 146 Å². The molecule has 0 aromatic heterocycles. The van der Waals surface area contributed by atoms with E-state index in [9.17, 15) is 18.4 Å². The number of benzene rings is 2. The highest BCUT2D eigenvalue weighted by Crippen LogP contribution is 2.23. The SMILES string of the molecule is CC(OC(=O)c1c(F)cccc1F)C(=O)Nc1cc(Cl)cc(Cl)c1. The Morgan fingerprint density at radius 3 is 2.17 bits per heavy atom. The van der Waals surface area contributed by atoms with E-state index in [2.05, 4.69) is 5.32 Å². The third-order valence-corrected chi connectivity index (χ3v) is 3.39. The molecule has 1 unspecified atom stereocenters. The van der Waals surface area contributed by atoms with Gasteiger partial charge in [-0.25, -0.2) is 13.6 Å². The zero-order valence-corrected chi connectivity index (χ0v) is 13.8. The molecule has 1 N–H and O–H groups in total. The first-order chi connectivity index (χ1) is 11.3. The highest BCUT2D eigenvalue weighted by Gasteiger charge is 2.24. The Morgan fingerprint density at radius 1 is 1.08 bits per heavy atom. The van der Waals surface area contributed by atoms with Gasteiger partial charge in [0.2, 0.25) is 0 Å². The number of hydrogen-bond donors (Lipinski definition) is 1. The second kappa shape index (κ2) is 7.59. The van der Waals surface area contributed by atoms with Crippen LogP contribution in [-0.4, -0.2) is 18.0 Å². The van der Waals surface area contributed by atoms with Crippen molar-refractivity contribution in [2.75, 3.05) is 5.32 Å². The molecule has 2 rings (SSSR count). The lowest BCUT2D eigenvalue weighted by Crippen LogP contribution is -2.30. The minimum atomic E-state index is -1.30. The maximum Gasteiger partial charge on any atom is 0.344 e. The molecule has 0 fully saturated rings.